The second-order valence-electron chi connectivity index (χ2n) is 9.49. The van der Waals surface area contributed by atoms with Gasteiger partial charge in [-0.25, -0.2) is 4.57 Å². The van der Waals surface area contributed by atoms with Crippen LogP contribution in [0.5, 0.6) is 0 Å². The van der Waals surface area contributed by atoms with Gasteiger partial charge in [0.1, 0.15) is 7.05 Å². The van der Waals surface area contributed by atoms with Crippen molar-refractivity contribution in [2.75, 3.05) is 0 Å². The maximum absolute atomic E-state index is 2.57. The van der Waals surface area contributed by atoms with Crippen LogP contribution in [0.4, 0.5) is 0 Å². The summed E-state index contributed by atoms with van der Waals surface area (Å²) in [6.07, 6.45) is 2.21. The molecule has 0 unspecified atom stereocenters. The Kier molecular flexibility index (Phi) is 3.24. The summed E-state index contributed by atoms with van der Waals surface area (Å²) in [6.45, 7) is 9.08. The van der Waals surface area contributed by atoms with E-state index in [9.17, 15) is 0 Å². The lowest BCUT2D eigenvalue weighted by molar-refractivity contribution is -0.643. The van der Waals surface area contributed by atoms with Crippen LogP contribution in [-0.4, -0.2) is 4.40 Å². The molecule has 2 heteroatoms. The molecule has 0 bridgehead atoms. The number of hydrogen-bond donors (Lipinski definition) is 0. The number of fused-ring (bicyclic) bond motifs is 7. The fourth-order valence-electron chi connectivity index (χ4n) is 6.09. The smallest absolute Gasteiger partial charge is 0.224 e. The zero-order valence-electron chi connectivity index (χ0n) is 19.2. The first kappa shape index (κ1) is 18.0. The minimum absolute atomic E-state index is 1.30. The summed E-state index contributed by atoms with van der Waals surface area (Å²) in [7, 11) is 2.18. The van der Waals surface area contributed by atoms with Crippen molar-refractivity contribution < 1.29 is 4.57 Å². The summed E-state index contributed by atoms with van der Waals surface area (Å²) in [5.74, 6) is 0. The Morgan fingerprint density at radius 3 is 2.31 bits per heavy atom. The van der Waals surface area contributed by atoms with E-state index in [1.54, 1.807) is 0 Å². The van der Waals surface area contributed by atoms with Crippen LogP contribution in [0.2, 0.25) is 0 Å². The van der Waals surface area contributed by atoms with Gasteiger partial charge in [-0.2, -0.15) is 0 Å². The van der Waals surface area contributed by atoms with Crippen LogP contribution in [0.25, 0.3) is 59.8 Å². The van der Waals surface area contributed by atoms with Crippen LogP contribution < -0.4 is 4.57 Å². The van der Waals surface area contributed by atoms with E-state index in [4.69, 9.17) is 0 Å². The molecular weight excluding hydrogens is 388 g/mol. The van der Waals surface area contributed by atoms with Crippen LogP contribution in [0.3, 0.4) is 0 Å². The number of aromatic nitrogens is 2. The molecule has 0 N–H and O–H groups in total. The molecule has 0 aliphatic carbocycles. The molecule has 32 heavy (non-hydrogen) atoms. The van der Waals surface area contributed by atoms with Crippen molar-refractivity contribution in [3.63, 3.8) is 0 Å². The summed E-state index contributed by atoms with van der Waals surface area (Å²) in [5.41, 5.74) is 10.8. The third-order valence-electron chi connectivity index (χ3n) is 7.91. The summed E-state index contributed by atoms with van der Waals surface area (Å²) < 4.78 is 4.88. The van der Waals surface area contributed by atoms with Crippen LogP contribution >= 0.6 is 0 Å². The van der Waals surface area contributed by atoms with E-state index in [2.05, 4.69) is 105 Å². The lowest BCUT2D eigenvalue weighted by Gasteiger charge is -2.15. The fourth-order valence-corrected chi connectivity index (χ4v) is 6.09. The third-order valence-corrected chi connectivity index (χ3v) is 7.91. The zero-order chi connectivity index (χ0) is 21.9. The first-order valence-electron chi connectivity index (χ1n) is 11.4. The van der Waals surface area contributed by atoms with Gasteiger partial charge >= 0.3 is 0 Å². The van der Waals surface area contributed by atoms with Gasteiger partial charge in [-0.15, -0.1) is 0 Å². The van der Waals surface area contributed by atoms with Crippen LogP contribution in [0.15, 0.2) is 60.8 Å². The first-order valence-corrected chi connectivity index (χ1v) is 11.4. The van der Waals surface area contributed by atoms with Crippen molar-refractivity contribution in [2.24, 2.45) is 7.05 Å². The molecule has 4 aromatic carbocycles. The highest BCUT2D eigenvalue weighted by atomic mass is 15.0. The lowest BCUT2D eigenvalue weighted by atomic mass is 9.96. The van der Waals surface area contributed by atoms with E-state index in [1.165, 1.54) is 82.0 Å². The van der Waals surface area contributed by atoms with Gasteiger partial charge in [-0.1, -0.05) is 36.4 Å². The third kappa shape index (κ3) is 1.94. The molecule has 0 saturated carbocycles. The predicted molar refractivity (Wildman–Crippen MR) is 136 cm³/mol. The second kappa shape index (κ2) is 5.77. The van der Waals surface area contributed by atoms with Gasteiger partial charge in [0.05, 0.1) is 27.3 Å². The predicted octanol–water partition coefficient (Wildman–Crippen LogP) is 7.20. The molecule has 0 fully saturated rings. The average molecular weight is 414 g/mol. The number of nitrogens with zero attached hydrogens (tertiary/aromatic N) is 2. The molecule has 3 heterocycles. The van der Waals surface area contributed by atoms with Gasteiger partial charge in [0.25, 0.3) is 0 Å². The molecule has 154 valence electrons. The summed E-state index contributed by atoms with van der Waals surface area (Å²) in [5, 5.41) is 9.37. The van der Waals surface area contributed by atoms with Crippen LogP contribution in [0.1, 0.15) is 22.3 Å². The molecule has 0 atom stereocenters. The summed E-state index contributed by atoms with van der Waals surface area (Å²) in [6, 6.07) is 20.5. The first-order chi connectivity index (χ1) is 15.5. The minimum Gasteiger partial charge on any atom is -0.307 e. The van der Waals surface area contributed by atoms with Gasteiger partial charge in [0.15, 0.2) is 6.20 Å². The van der Waals surface area contributed by atoms with E-state index >= 15 is 0 Å². The molecule has 2 nitrogen and oxygen atoms in total. The Morgan fingerprint density at radius 1 is 0.656 bits per heavy atom. The number of aryl methyl sites for hydroxylation is 4. The molecule has 0 saturated heterocycles. The number of hydrogen-bond acceptors (Lipinski definition) is 0. The Morgan fingerprint density at radius 2 is 1.47 bits per heavy atom. The van der Waals surface area contributed by atoms with Gasteiger partial charge in [-0.3, -0.25) is 0 Å². The van der Waals surface area contributed by atoms with Crippen molar-refractivity contribution in [3.05, 3.63) is 83.0 Å². The maximum Gasteiger partial charge on any atom is 0.224 e. The normalized spacial score (nSPS) is 12.5. The summed E-state index contributed by atoms with van der Waals surface area (Å²) in [4.78, 5) is 0. The largest absolute Gasteiger partial charge is 0.307 e. The molecule has 0 spiro atoms. The number of pyridine rings is 2. The molecule has 0 radical (unpaired) electrons. The Bertz CT molecular complexity index is 1920. The second-order valence-corrected chi connectivity index (χ2v) is 9.49. The average Bonchev–Trinajstić information content (AvgIpc) is 3.13. The topological polar surface area (TPSA) is 8.29 Å². The van der Waals surface area contributed by atoms with Crippen molar-refractivity contribution in [3.8, 4) is 0 Å². The van der Waals surface area contributed by atoms with E-state index in [0.29, 0.717) is 0 Å². The van der Waals surface area contributed by atoms with Gasteiger partial charge in [0.2, 0.25) is 5.52 Å². The fraction of sp³-hybridized carbons (Fsp3) is 0.167. The SMILES string of the molecule is Cc1cc2c3ccc4cc[n+](C)c5c6c(C)c7ccccc7cc6n(c2c(C)c1C)c3c45. The van der Waals surface area contributed by atoms with Crippen molar-refractivity contribution >= 4 is 59.8 Å². The van der Waals surface area contributed by atoms with Crippen LogP contribution in [-0.2, 0) is 7.05 Å². The highest BCUT2D eigenvalue weighted by molar-refractivity contribution is 6.28. The van der Waals surface area contributed by atoms with E-state index < -0.39 is 0 Å². The van der Waals surface area contributed by atoms with E-state index in [-0.39, 0.29) is 0 Å². The molecule has 0 aliphatic heterocycles. The standard InChI is InChI=1S/C30H25N2/c1-16-14-24-23-11-10-20-12-13-31(5)30-26-19(4)22-9-7-6-8-21(22)15-25(26)32(29(23)27(20)30)28(24)18(3)17(16)2/h6-15H,1-5H3/q+1. The monoisotopic (exact) mass is 413 g/mol. The van der Waals surface area contributed by atoms with Gasteiger partial charge in [0, 0.05) is 16.8 Å². The Hall–Kier alpha value is -3.65. The van der Waals surface area contributed by atoms with Crippen molar-refractivity contribution in [2.45, 2.75) is 27.7 Å². The minimum atomic E-state index is 1.30. The molecule has 0 aliphatic rings. The number of benzene rings is 4. The van der Waals surface area contributed by atoms with Crippen LogP contribution in [0, 0.1) is 27.7 Å². The quantitative estimate of drug-likeness (QED) is 0.141. The van der Waals surface area contributed by atoms with Crippen molar-refractivity contribution in [1.82, 2.24) is 4.40 Å². The summed E-state index contributed by atoms with van der Waals surface area (Å²) >= 11 is 0. The molecular formula is C30H25N2+. The number of rotatable bonds is 0. The highest BCUT2D eigenvalue weighted by Crippen LogP contribution is 2.43. The Labute approximate surface area is 186 Å². The molecule has 7 rings (SSSR count). The Balaban J connectivity index is 1.98. The zero-order valence-corrected chi connectivity index (χ0v) is 19.2. The van der Waals surface area contributed by atoms with Crippen molar-refractivity contribution in [1.29, 1.82) is 0 Å². The molecule has 7 aromatic rings. The highest BCUT2D eigenvalue weighted by Gasteiger charge is 2.25. The molecule has 3 aromatic heterocycles. The van der Waals surface area contributed by atoms with E-state index in [0.717, 1.165) is 0 Å². The maximum atomic E-state index is 2.57. The van der Waals surface area contributed by atoms with E-state index in [1.807, 2.05) is 0 Å². The van der Waals surface area contributed by atoms with Gasteiger partial charge in [-0.05, 0) is 78.2 Å². The molecule has 0 amide bonds. The lowest BCUT2D eigenvalue weighted by Crippen LogP contribution is -2.28. The van der Waals surface area contributed by atoms with Gasteiger partial charge < -0.3 is 4.40 Å².